The van der Waals surface area contributed by atoms with Crippen LogP contribution in [0.1, 0.15) is 96.8 Å². The molecule has 0 unspecified atom stereocenters. The van der Waals surface area contributed by atoms with Crippen LogP contribution in [0.3, 0.4) is 0 Å². The van der Waals surface area contributed by atoms with E-state index in [2.05, 4.69) is 23.8 Å². The molecule has 0 atom stereocenters. The van der Waals surface area contributed by atoms with Gasteiger partial charge in [0.25, 0.3) is 10.1 Å². The van der Waals surface area contributed by atoms with E-state index in [1.165, 1.54) is 83.5 Å². The molecule has 0 spiro atoms. The highest BCUT2D eigenvalue weighted by Crippen LogP contribution is 2.10. The van der Waals surface area contributed by atoms with Crippen molar-refractivity contribution in [3.63, 3.8) is 0 Å². The minimum atomic E-state index is -4.37. The first-order valence-electron chi connectivity index (χ1n) is 15.6. The average molecular weight is 611 g/mol. The van der Waals surface area contributed by atoms with Crippen LogP contribution in [-0.4, -0.2) is 97.4 Å². The largest absolute Gasteiger partial charge is 0.462 e. The Hall–Kier alpha value is -1.08. The Morgan fingerprint density at radius 1 is 0.537 bits per heavy atom. The molecule has 0 amide bonds. The van der Waals surface area contributed by atoms with E-state index in [9.17, 15) is 13.2 Å². The van der Waals surface area contributed by atoms with E-state index >= 15 is 0 Å². The number of ether oxygens (including phenoxy) is 6. The van der Waals surface area contributed by atoms with Crippen LogP contribution in [0.15, 0.2) is 12.2 Å². The molecule has 11 heteroatoms. The highest BCUT2D eigenvalue weighted by Gasteiger charge is 2.13. The van der Waals surface area contributed by atoms with Crippen molar-refractivity contribution in [1.82, 2.24) is 0 Å². The van der Waals surface area contributed by atoms with Gasteiger partial charge in [-0.3, -0.25) is 9.35 Å². The molecule has 0 radical (unpaired) electrons. The second kappa shape index (κ2) is 31.8. The standard InChI is InChI=1S/C30H58O10S/c1-2-3-4-5-6-7-8-9-10-11-12-13-14-15-16-17-18-35-19-20-36-21-22-37-23-24-38-25-26-39-27-28-40-30(31)29-41(32,33)34/h9-10H,2-8,11-29H2,1H3,(H,32,33,34)/b10-9+. The summed E-state index contributed by atoms with van der Waals surface area (Å²) in [5.41, 5.74) is 0. The maximum Gasteiger partial charge on any atom is 0.323 e. The summed E-state index contributed by atoms with van der Waals surface area (Å²) in [6.45, 7) is 6.76. The fourth-order valence-corrected chi connectivity index (χ4v) is 4.22. The Bertz CT molecular complexity index is 685. The average Bonchev–Trinajstić information content (AvgIpc) is 2.92. The molecule has 0 aromatic carbocycles. The number of esters is 1. The number of allylic oxidation sites excluding steroid dienone is 2. The lowest BCUT2D eigenvalue weighted by atomic mass is 10.1. The van der Waals surface area contributed by atoms with Crippen molar-refractivity contribution in [2.75, 3.05) is 78.4 Å². The highest BCUT2D eigenvalue weighted by molar-refractivity contribution is 7.86. The van der Waals surface area contributed by atoms with Crippen molar-refractivity contribution in [2.24, 2.45) is 0 Å². The number of carbonyl (C=O) groups excluding carboxylic acids is 1. The Balaban J connectivity index is 3.13. The van der Waals surface area contributed by atoms with Crippen molar-refractivity contribution in [1.29, 1.82) is 0 Å². The summed E-state index contributed by atoms with van der Waals surface area (Å²) in [5, 5.41) is 0. The quantitative estimate of drug-likeness (QED) is 0.0438. The molecule has 244 valence electrons. The number of hydrogen-bond acceptors (Lipinski definition) is 9. The number of hydrogen-bond donors (Lipinski definition) is 1. The summed E-state index contributed by atoms with van der Waals surface area (Å²) in [5.74, 6) is -2.09. The zero-order valence-corrected chi connectivity index (χ0v) is 26.4. The molecule has 0 aliphatic rings. The van der Waals surface area contributed by atoms with Crippen LogP contribution in [0, 0.1) is 0 Å². The second-order valence-corrected chi connectivity index (χ2v) is 11.4. The predicted octanol–water partition coefficient (Wildman–Crippen LogP) is 5.54. The molecule has 0 saturated heterocycles. The van der Waals surface area contributed by atoms with Gasteiger partial charge in [-0.2, -0.15) is 8.42 Å². The van der Waals surface area contributed by atoms with E-state index < -0.39 is 21.8 Å². The van der Waals surface area contributed by atoms with Gasteiger partial charge >= 0.3 is 5.97 Å². The van der Waals surface area contributed by atoms with Crippen LogP contribution in [0.4, 0.5) is 0 Å². The maximum atomic E-state index is 11.1. The summed E-state index contributed by atoms with van der Waals surface area (Å²) in [4.78, 5) is 11.1. The van der Waals surface area contributed by atoms with Crippen molar-refractivity contribution in [3.8, 4) is 0 Å². The molecule has 0 bridgehead atoms. The van der Waals surface area contributed by atoms with Crippen LogP contribution in [0.25, 0.3) is 0 Å². The molecular weight excluding hydrogens is 552 g/mol. The maximum absolute atomic E-state index is 11.1. The minimum Gasteiger partial charge on any atom is -0.462 e. The lowest BCUT2D eigenvalue weighted by Gasteiger charge is -2.08. The lowest BCUT2D eigenvalue weighted by Crippen LogP contribution is -2.20. The van der Waals surface area contributed by atoms with E-state index in [-0.39, 0.29) is 13.2 Å². The summed E-state index contributed by atoms with van der Waals surface area (Å²) < 4.78 is 61.2. The molecule has 1 N–H and O–H groups in total. The Morgan fingerprint density at radius 2 is 0.902 bits per heavy atom. The first-order chi connectivity index (χ1) is 20.0. The third-order valence-electron chi connectivity index (χ3n) is 6.08. The molecule has 0 aliphatic carbocycles. The van der Waals surface area contributed by atoms with Gasteiger partial charge in [0.15, 0.2) is 5.75 Å². The monoisotopic (exact) mass is 610 g/mol. The van der Waals surface area contributed by atoms with Gasteiger partial charge < -0.3 is 28.4 Å². The minimum absolute atomic E-state index is 0.0969. The van der Waals surface area contributed by atoms with Crippen molar-refractivity contribution >= 4 is 16.1 Å². The Morgan fingerprint density at radius 3 is 1.34 bits per heavy atom. The molecule has 10 nitrogen and oxygen atoms in total. The number of rotatable bonds is 33. The van der Waals surface area contributed by atoms with Crippen LogP contribution in [0.5, 0.6) is 0 Å². The fourth-order valence-electron chi connectivity index (χ4n) is 3.84. The van der Waals surface area contributed by atoms with Crippen LogP contribution < -0.4 is 0 Å². The molecule has 0 fully saturated rings. The Kier molecular flexibility index (Phi) is 31.0. The molecule has 0 heterocycles. The van der Waals surface area contributed by atoms with Crippen molar-refractivity contribution in [3.05, 3.63) is 12.2 Å². The highest BCUT2D eigenvalue weighted by atomic mass is 32.2. The molecule has 0 aromatic heterocycles. The van der Waals surface area contributed by atoms with Crippen molar-refractivity contribution in [2.45, 2.75) is 96.8 Å². The van der Waals surface area contributed by atoms with Gasteiger partial charge in [-0.25, -0.2) is 0 Å². The SMILES string of the molecule is CCCCCCCC/C=C/CCCCCCCCOCCOCCOCCOCCOCCOC(=O)CS(=O)(=O)O. The fraction of sp³-hybridized carbons (Fsp3) is 0.900. The summed E-state index contributed by atoms with van der Waals surface area (Å²) in [6, 6.07) is 0. The van der Waals surface area contributed by atoms with E-state index in [0.29, 0.717) is 52.9 Å². The van der Waals surface area contributed by atoms with Crippen LogP contribution in [-0.2, 0) is 43.3 Å². The molecule has 0 aromatic rings. The Labute approximate surface area is 249 Å². The normalized spacial score (nSPS) is 12.0. The first-order valence-corrected chi connectivity index (χ1v) is 17.2. The zero-order valence-electron chi connectivity index (χ0n) is 25.6. The van der Waals surface area contributed by atoms with E-state index in [1.54, 1.807) is 0 Å². The predicted molar refractivity (Wildman–Crippen MR) is 161 cm³/mol. The van der Waals surface area contributed by atoms with Crippen LogP contribution in [0.2, 0.25) is 0 Å². The second-order valence-electron chi connectivity index (χ2n) is 9.95. The van der Waals surface area contributed by atoms with Crippen LogP contribution >= 0.6 is 0 Å². The van der Waals surface area contributed by atoms with Gasteiger partial charge in [-0.1, -0.05) is 76.9 Å². The molecule has 41 heavy (non-hydrogen) atoms. The summed E-state index contributed by atoms with van der Waals surface area (Å²) in [7, 11) is -4.37. The molecule has 0 saturated carbocycles. The van der Waals surface area contributed by atoms with E-state index in [4.69, 9.17) is 28.2 Å². The van der Waals surface area contributed by atoms with Gasteiger partial charge in [0, 0.05) is 6.61 Å². The third-order valence-corrected chi connectivity index (χ3v) is 6.68. The van der Waals surface area contributed by atoms with Gasteiger partial charge in [0.05, 0.1) is 59.5 Å². The third kappa shape index (κ3) is 36.9. The van der Waals surface area contributed by atoms with Gasteiger partial charge in [0.2, 0.25) is 0 Å². The zero-order chi connectivity index (χ0) is 30.1. The number of unbranched alkanes of at least 4 members (excludes halogenated alkanes) is 12. The van der Waals surface area contributed by atoms with Gasteiger partial charge in [0.1, 0.15) is 6.61 Å². The summed E-state index contributed by atoms with van der Waals surface area (Å²) in [6.07, 6.45) is 23.0. The van der Waals surface area contributed by atoms with Gasteiger partial charge in [-0.05, 0) is 32.1 Å². The number of carbonyl (C=O) groups is 1. The first kappa shape index (κ1) is 39.9. The van der Waals surface area contributed by atoms with Crippen molar-refractivity contribution < 1.29 is 46.2 Å². The topological polar surface area (TPSA) is 127 Å². The van der Waals surface area contributed by atoms with E-state index in [1.807, 2.05) is 0 Å². The van der Waals surface area contributed by atoms with Gasteiger partial charge in [-0.15, -0.1) is 0 Å². The molecule has 0 aliphatic heterocycles. The summed E-state index contributed by atoms with van der Waals surface area (Å²) >= 11 is 0. The van der Waals surface area contributed by atoms with E-state index in [0.717, 1.165) is 13.0 Å². The lowest BCUT2D eigenvalue weighted by molar-refractivity contribution is -0.142. The smallest absolute Gasteiger partial charge is 0.323 e. The molecular formula is C30H58O10S. The molecule has 0 rings (SSSR count).